The smallest absolute Gasteiger partial charge is 0.164 e. The number of pyridine rings is 2. The summed E-state index contributed by atoms with van der Waals surface area (Å²) in [6.45, 7) is 0. The van der Waals surface area contributed by atoms with Gasteiger partial charge in [-0.2, -0.15) is 0 Å². The molecule has 9 nitrogen and oxygen atoms in total. The van der Waals surface area contributed by atoms with Crippen molar-refractivity contribution in [2.24, 2.45) is 0 Å². The summed E-state index contributed by atoms with van der Waals surface area (Å²) in [5.74, 6) is 2.61. The molecule has 2 aliphatic carbocycles. The molecule has 0 amide bonds. The Hall–Kier alpha value is -18.6. The summed E-state index contributed by atoms with van der Waals surface area (Å²) in [6.07, 6.45) is 0. The molecule has 0 atom stereocenters. The van der Waals surface area contributed by atoms with E-state index in [0.29, 0.717) is 23.3 Å². The van der Waals surface area contributed by atoms with Crippen molar-refractivity contribution >= 4 is 77.5 Å². The molecule has 4 aliphatic rings. The van der Waals surface area contributed by atoms with Crippen LogP contribution in [-0.4, -0.2) is 34.9 Å². The summed E-state index contributed by atoms with van der Waals surface area (Å²) in [7, 11) is 0. The number of rotatable bonds is 12. The topological polar surface area (TPSA) is 96.7 Å². The molecule has 2 aliphatic heterocycles. The van der Waals surface area contributed by atoms with Gasteiger partial charge in [0.05, 0.1) is 67.4 Å². The number of nitrogens with zero attached hydrogens (tertiary/aromatic N) is 9. The number of benzene rings is 20. The van der Waals surface area contributed by atoms with E-state index in [1.807, 2.05) is 84.9 Å². The molecule has 6 heterocycles. The molecule has 2 spiro atoms. The maximum absolute atomic E-state index is 5.42. The van der Waals surface area contributed by atoms with E-state index in [1.165, 1.54) is 77.5 Å². The van der Waals surface area contributed by atoms with Crippen LogP contribution >= 0.6 is 0 Å². The molecule has 0 unspecified atom stereocenters. The highest BCUT2D eigenvalue weighted by atomic mass is 15.2. The number of fused-ring (bicyclic) bond motifs is 24. The molecule has 0 N–H and O–H groups in total. The first kappa shape index (κ1) is 81.0. The lowest BCUT2D eigenvalue weighted by Gasteiger charge is -2.45. The molecule has 0 bridgehead atoms. The second-order valence-electron chi connectivity index (χ2n) is 36.4. The van der Waals surface area contributed by atoms with Crippen LogP contribution in [0.1, 0.15) is 44.5 Å². The van der Waals surface area contributed by atoms with Crippen molar-refractivity contribution in [3.8, 4) is 135 Å². The van der Waals surface area contributed by atoms with Crippen molar-refractivity contribution in [2.45, 2.75) is 10.8 Å². The standard InChI is InChI=1S/C66H42N4.C65H41N5/c1-5-19-44(20-6-1)60-42-61(69-65(68-60)47-23-9-3-10-24-47)45-35-33-43(34-36-45)48-37-38-57-62(39-48)70(49-25-11-4-12-26-49)63-41-54-53(52-29-15-18-32-59(52)67-64(54)46-21-7-2-8-22-46)40-58(63)66(57)55-30-16-13-27-50(55)51-28-14-17-31-56(51)66;1-5-19-43(20-6-1)61-53-41-60-57(40-52(53)51-29-15-18-32-58(51)66-61)65(54-30-16-13-27-49(54)50-28-14-17-31-55(50)65)56-38-37-47(39-59(56)70(60)48-25-11-4-12-26-48)42-33-35-46(36-34-42)64-68-62(44-21-7-2-8-22-44)67-63(69-64)45-23-9-3-10-24-45/h1-42H;1-41H. The lowest BCUT2D eigenvalue weighted by molar-refractivity contribution is 0.754. The van der Waals surface area contributed by atoms with Crippen molar-refractivity contribution < 1.29 is 0 Å². The molecule has 28 rings (SSSR count). The minimum absolute atomic E-state index is 0.626. The number of hydrogen-bond donors (Lipinski definition) is 0. The highest BCUT2D eigenvalue weighted by Gasteiger charge is 2.54. The Kier molecular flexibility index (Phi) is 19.2. The average molecular weight is 1780 g/mol. The number of aromatic nitrogens is 7. The zero-order valence-corrected chi connectivity index (χ0v) is 75.9. The fourth-order valence-electron chi connectivity index (χ4n) is 22.5. The van der Waals surface area contributed by atoms with Gasteiger partial charge in [0.15, 0.2) is 23.3 Å². The van der Waals surface area contributed by atoms with E-state index in [1.54, 1.807) is 0 Å². The van der Waals surface area contributed by atoms with E-state index in [4.69, 9.17) is 34.9 Å². The summed E-state index contributed by atoms with van der Waals surface area (Å²) < 4.78 is 0. The van der Waals surface area contributed by atoms with Crippen LogP contribution in [0.5, 0.6) is 0 Å². The van der Waals surface area contributed by atoms with Gasteiger partial charge in [0.25, 0.3) is 0 Å². The Labute approximate surface area is 810 Å². The Balaban J connectivity index is 0.000000141. The lowest BCUT2D eigenvalue weighted by atomic mass is 9.64. The highest BCUT2D eigenvalue weighted by Crippen LogP contribution is 2.67. The maximum Gasteiger partial charge on any atom is 0.164 e. The number of hydrogen-bond acceptors (Lipinski definition) is 9. The van der Waals surface area contributed by atoms with E-state index < -0.39 is 10.8 Å². The summed E-state index contributed by atoms with van der Waals surface area (Å²) in [4.78, 5) is 41.0. The molecule has 9 heteroatoms. The van der Waals surface area contributed by atoms with E-state index in [2.05, 4.69) is 428 Å². The van der Waals surface area contributed by atoms with Gasteiger partial charge in [-0.15, -0.1) is 0 Å². The van der Waals surface area contributed by atoms with E-state index in [0.717, 1.165) is 156 Å². The van der Waals surface area contributed by atoms with Gasteiger partial charge in [0.2, 0.25) is 0 Å². The number of para-hydroxylation sites is 4. The molecule has 0 fully saturated rings. The summed E-state index contributed by atoms with van der Waals surface area (Å²) in [5.41, 5.74) is 38.7. The van der Waals surface area contributed by atoms with Gasteiger partial charge in [-0.25, -0.2) is 34.9 Å². The van der Waals surface area contributed by atoms with Crippen LogP contribution in [0.25, 0.3) is 178 Å². The molecule has 0 saturated carbocycles. The third kappa shape index (κ3) is 13.1. The molecular weight excluding hydrogens is 1700 g/mol. The molecule has 0 saturated heterocycles. The first-order chi connectivity index (χ1) is 69.4. The van der Waals surface area contributed by atoms with Gasteiger partial charge in [0.1, 0.15) is 0 Å². The second kappa shape index (κ2) is 33.2. The second-order valence-corrected chi connectivity index (χ2v) is 36.4. The van der Waals surface area contributed by atoms with Gasteiger partial charge in [-0.3, -0.25) is 0 Å². The fraction of sp³-hybridized carbons (Fsp3) is 0.0153. The van der Waals surface area contributed by atoms with Crippen LogP contribution in [0, 0.1) is 0 Å². The first-order valence-corrected chi connectivity index (χ1v) is 47.7. The van der Waals surface area contributed by atoms with Crippen molar-refractivity contribution in [3.63, 3.8) is 0 Å². The third-order valence-electron chi connectivity index (χ3n) is 28.8. The Morgan fingerprint density at radius 3 is 0.779 bits per heavy atom. The van der Waals surface area contributed by atoms with Crippen molar-refractivity contribution in [1.82, 2.24) is 34.9 Å². The Bertz CT molecular complexity index is 8290. The van der Waals surface area contributed by atoms with Crippen molar-refractivity contribution in [1.29, 1.82) is 0 Å². The van der Waals surface area contributed by atoms with E-state index in [9.17, 15) is 0 Å². The van der Waals surface area contributed by atoms with Crippen LogP contribution in [0.3, 0.4) is 0 Å². The molecule has 652 valence electrons. The Morgan fingerprint density at radius 1 is 0.150 bits per heavy atom. The van der Waals surface area contributed by atoms with Gasteiger partial charge in [-0.05, 0) is 179 Å². The molecule has 24 aromatic rings. The predicted octanol–water partition coefficient (Wildman–Crippen LogP) is 32.7. The third-order valence-corrected chi connectivity index (χ3v) is 28.8. The number of anilines is 6. The molecule has 4 aromatic heterocycles. The minimum atomic E-state index is -0.636. The highest BCUT2D eigenvalue weighted by molar-refractivity contribution is 6.16. The normalized spacial score (nSPS) is 12.9. The lowest BCUT2D eigenvalue weighted by Crippen LogP contribution is -2.36. The largest absolute Gasteiger partial charge is 0.310 e. The van der Waals surface area contributed by atoms with Crippen molar-refractivity contribution in [3.05, 3.63) is 548 Å². The molecule has 0 radical (unpaired) electrons. The fourth-order valence-corrected chi connectivity index (χ4v) is 22.5. The maximum atomic E-state index is 5.42. The molecule has 20 aromatic carbocycles. The zero-order valence-electron chi connectivity index (χ0n) is 75.9. The summed E-state index contributed by atoms with van der Waals surface area (Å²) >= 11 is 0. The first-order valence-electron chi connectivity index (χ1n) is 47.7. The molecule has 140 heavy (non-hydrogen) atoms. The SMILES string of the molecule is c1ccc(-c2cc(-c3ccc(-c4ccc5c(c4)N(c4ccccc4)c4cc6c(-c7ccccc7)nc7ccccc7c6cc4C54c5ccccc5-c5ccccc54)cc3)nc(-c3ccccc3)n2)cc1.c1ccc(-c2nc(-c3ccccc3)nc(-c3ccc(-c4ccc5c(c4)N(c4ccccc4)c4cc6c(-c7ccccc7)nc7ccccc7c6cc4C54c5ccccc5-c5ccccc54)cc3)n2)cc1. The van der Waals surface area contributed by atoms with Crippen LogP contribution in [-0.2, 0) is 10.8 Å². The van der Waals surface area contributed by atoms with Gasteiger partial charge in [0, 0.05) is 77.4 Å². The van der Waals surface area contributed by atoms with E-state index in [-0.39, 0.29) is 0 Å². The quantitative estimate of drug-likeness (QED) is 0.111. The van der Waals surface area contributed by atoms with Gasteiger partial charge >= 0.3 is 0 Å². The zero-order chi connectivity index (χ0) is 92.4. The monoisotopic (exact) mass is 1780 g/mol. The molecular formula is C131H83N9. The van der Waals surface area contributed by atoms with Crippen LogP contribution in [0.15, 0.2) is 504 Å². The predicted molar refractivity (Wildman–Crippen MR) is 573 cm³/mol. The van der Waals surface area contributed by atoms with Crippen molar-refractivity contribution in [2.75, 3.05) is 9.80 Å². The van der Waals surface area contributed by atoms with E-state index >= 15 is 0 Å². The minimum Gasteiger partial charge on any atom is -0.310 e. The van der Waals surface area contributed by atoms with Gasteiger partial charge < -0.3 is 9.80 Å². The van der Waals surface area contributed by atoms with Crippen LogP contribution < -0.4 is 9.80 Å². The van der Waals surface area contributed by atoms with Crippen LogP contribution in [0.4, 0.5) is 34.1 Å². The summed E-state index contributed by atoms with van der Waals surface area (Å²) in [6, 6.07) is 181. The summed E-state index contributed by atoms with van der Waals surface area (Å²) in [5, 5.41) is 6.87. The van der Waals surface area contributed by atoms with Gasteiger partial charge in [-0.1, -0.05) is 425 Å². The van der Waals surface area contributed by atoms with Crippen LogP contribution in [0.2, 0.25) is 0 Å². The average Bonchev–Trinajstić information content (AvgIpc) is 1.46. The Morgan fingerprint density at radius 2 is 0.414 bits per heavy atom.